The lowest BCUT2D eigenvalue weighted by Gasteiger charge is -2.33. The van der Waals surface area contributed by atoms with E-state index in [0.717, 1.165) is 0 Å². The van der Waals surface area contributed by atoms with Gasteiger partial charge in [-0.2, -0.15) is 0 Å². The van der Waals surface area contributed by atoms with Crippen LogP contribution in [0.1, 0.15) is 18.5 Å². The van der Waals surface area contributed by atoms with Crippen LogP contribution in [0, 0.1) is 0 Å². The molecule has 0 aromatic heterocycles. The van der Waals surface area contributed by atoms with Gasteiger partial charge in [-0.3, -0.25) is 0 Å². The molecule has 0 spiro atoms. The number of fused-ring (bicyclic) bond motifs is 1. The summed E-state index contributed by atoms with van der Waals surface area (Å²) >= 11 is 0. The van der Waals surface area contributed by atoms with Crippen LogP contribution in [0.4, 0.5) is 4.79 Å². The van der Waals surface area contributed by atoms with Crippen molar-refractivity contribution in [2.75, 3.05) is 27.1 Å². The second kappa shape index (κ2) is 8.36. The lowest BCUT2D eigenvalue weighted by molar-refractivity contribution is -0.140. The van der Waals surface area contributed by atoms with Gasteiger partial charge in [-0.15, -0.1) is 0 Å². The van der Waals surface area contributed by atoms with Gasteiger partial charge in [0.25, 0.3) is 0 Å². The van der Waals surface area contributed by atoms with Crippen LogP contribution in [-0.2, 0) is 9.53 Å². The number of benzene rings is 2. The van der Waals surface area contributed by atoms with Crippen LogP contribution in [-0.4, -0.2) is 44.0 Å². The maximum absolute atomic E-state index is 12.9. The first kappa shape index (κ1) is 19.6. The van der Waals surface area contributed by atoms with Crippen molar-refractivity contribution < 1.29 is 28.5 Å². The van der Waals surface area contributed by atoms with E-state index in [9.17, 15) is 9.59 Å². The number of nitrogens with zero attached hydrogens (tertiary/aromatic N) is 1. The van der Waals surface area contributed by atoms with E-state index in [0.29, 0.717) is 34.1 Å². The maximum Gasteiger partial charge on any atom is 0.338 e. The summed E-state index contributed by atoms with van der Waals surface area (Å²) in [7, 11) is 1.60. The Labute approximate surface area is 174 Å². The van der Waals surface area contributed by atoms with Crippen molar-refractivity contribution in [1.29, 1.82) is 0 Å². The van der Waals surface area contributed by atoms with Gasteiger partial charge in [0.1, 0.15) is 19.0 Å². The molecule has 2 aromatic rings. The molecule has 0 radical (unpaired) electrons. The van der Waals surface area contributed by atoms with E-state index in [1.165, 1.54) is 4.90 Å². The molecule has 0 saturated heterocycles. The average Bonchev–Trinajstić information content (AvgIpc) is 3.23. The van der Waals surface area contributed by atoms with E-state index >= 15 is 0 Å². The third kappa shape index (κ3) is 3.89. The molecule has 4 rings (SSSR count). The molecule has 2 heterocycles. The number of para-hydroxylation sites is 1. The third-order valence-corrected chi connectivity index (χ3v) is 5.03. The second-order valence-corrected chi connectivity index (χ2v) is 6.85. The molecule has 0 unspecified atom stereocenters. The maximum atomic E-state index is 12.9. The molecule has 2 amide bonds. The number of allylic oxidation sites excluding steroid dienone is 1. The normalized spacial score (nSPS) is 17.6. The molecule has 0 fully saturated rings. The van der Waals surface area contributed by atoms with Gasteiger partial charge in [-0.1, -0.05) is 24.3 Å². The Kier molecular flexibility index (Phi) is 5.47. The van der Waals surface area contributed by atoms with E-state index in [1.807, 2.05) is 30.3 Å². The molecule has 0 bridgehead atoms. The zero-order chi connectivity index (χ0) is 21.1. The molecule has 1 atom stereocenters. The fraction of sp³-hybridized carbons (Fsp3) is 0.273. The van der Waals surface area contributed by atoms with Gasteiger partial charge in [-0.25, -0.2) is 9.59 Å². The number of hydrogen-bond donors (Lipinski definition) is 1. The fourth-order valence-corrected chi connectivity index (χ4v) is 3.33. The molecular weight excluding hydrogens is 388 g/mol. The van der Waals surface area contributed by atoms with Crippen LogP contribution >= 0.6 is 0 Å². The molecule has 30 heavy (non-hydrogen) atoms. The lowest BCUT2D eigenvalue weighted by Crippen LogP contribution is -2.46. The number of esters is 1. The van der Waals surface area contributed by atoms with Gasteiger partial charge in [0.05, 0.1) is 11.6 Å². The van der Waals surface area contributed by atoms with Crippen molar-refractivity contribution >= 4 is 12.0 Å². The highest BCUT2D eigenvalue weighted by Crippen LogP contribution is 2.37. The summed E-state index contributed by atoms with van der Waals surface area (Å²) in [6.45, 7) is 2.16. The summed E-state index contributed by atoms with van der Waals surface area (Å²) in [5.74, 6) is 1.38. The van der Waals surface area contributed by atoms with E-state index in [2.05, 4.69) is 5.32 Å². The Morgan fingerprint density at radius 3 is 2.70 bits per heavy atom. The van der Waals surface area contributed by atoms with Crippen molar-refractivity contribution in [3.05, 3.63) is 65.4 Å². The summed E-state index contributed by atoms with van der Waals surface area (Å²) in [5, 5.41) is 2.85. The first-order valence-corrected chi connectivity index (χ1v) is 9.54. The number of carbonyl (C=O) groups is 2. The summed E-state index contributed by atoms with van der Waals surface area (Å²) in [6, 6.07) is 13.6. The van der Waals surface area contributed by atoms with Gasteiger partial charge in [0.15, 0.2) is 11.5 Å². The van der Waals surface area contributed by atoms with Crippen LogP contribution in [0.25, 0.3) is 0 Å². The molecule has 0 aliphatic carbocycles. The summed E-state index contributed by atoms with van der Waals surface area (Å²) in [5.41, 5.74) is 1.58. The smallest absolute Gasteiger partial charge is 0.338 e. The number of hydrogen-bond acceptors (Lipinski definition) is 6. The van der Waals surface area contributed by atoms with Crippen LogP contribution in [0.2, 0.25) is 0 Å². The Balaban J connectivity index is 1.50. The highest BCUT2D eigenvalue weighted by Gasteiger charge is 2.35. The molecular formula is C22H22N2O6. The predicted octanol–water partition coefficient (Wildman–Crippen LogP) is 3.01. The van der Waals surface area contributed by atoms with Crippen molar-refractivity contribution in [2.45, 2.75) is 13.0 Å². The zero-order valence-electron chi connectivity index (χ0n) is 16.7. The largest absolute Gasteiger partial charge is 0.490 e. The Morgan fingerprint density at radius 1 is 1.13 bits per heavy atom. The molecule has 2 aromatic carbocycles. The van der Waals surface area contributed by atoms with Crippen molar-refractivity contribution in [3.8, 4) is 17.2 Å². The number of ether oxygens (including phenoxy) is 4. The van der Waals surface area contributed by atoms with E-state index in [1.54, 1.807) is 32.2 Å². The SMILES string of the molecule is CC1=C(C(=O)OCCOc2ccccc2)[C@@H](c2ccc3c(c2)OCO3)NC(=O)N1C. The molecule has 8 heteroatoms. The molecule has 8 nitrogen and oxygen atoms in total. The average molecular weight is 410 g/mol. The Hall–Kier alpha value is -3.68. The van der Waals surface area contributed by atoms with E-state index in [-0.39, 0.29) is 26.0 Å². The van der Waals surface area contributed by atoms with Crippen LogP contribution < -0.4 is 19.5 Å². The minimum atomic E-state index is -0.661. The summed E-state index contributed by atoms with van der Waals surface area (Å²) in [4.78, 5) is 26.7. The van der Waals surface area contributed by atoms with E-state index < -0.39 is 12.0 Å². The number of rotatable bonds is 6. The van der Waals surface area contributed by atoms with Gasteiger partial charge in [0, 0.05) is 12.7 Å². The number of carbonyl (C=O) groups excluding carboxylic acids is 2. The Morgan fingerprint density at radius 2 is 1.90 bits per heavy atom. The minimum Gasteiger partial charge on any atom is -0.490 e. The number of amides is 2. The number of nitrogens with one attached hydrogen (secondary N) is 1. The van der Waals surface area contributed by atoms with E-state index in [4.69, 9.17) is 18.9 Å². The lowest BCUT2D eigenvalue weighted by atomic mass is 9.95. The standard InChI is InChI=1S/C22H22N2O6/c1-14-19(21(25)28-11-10-27-16-6-4-3-5-7-16)20(23-22(26)24(14)2)15-8-9-17-18(12-15)30-13-29-17/h3-9,12,20H,10-11,13H2,1-2H3,(H,23,26)/t20-/m1/s1. The Bertz CT molecular complexity index is 988. The highest BCUT2D eigenvalue weighted by molar-refractivity contribution is 5.95. The third-order valence-electron chi connectivity index (χ3n) is 5.03. The minimum absolute atomic E-state index is 0.0794. The second-order valence-electron chi connectivity index (χ2n) is 6.85. The van der Waals surface area contributed by atoms with Crippen LogP contribution in [0.5, 0.6) is 17.2 Å². The first-order valence-electron chi connectivity index (χ1n) is 9.54. The molecule has 156 valence electrons. The molecule has 0 saturated carbocycles. The van der Waals surface area contributed by atoms with Crippen LogP contribution in [0.15, 0.2) is 59.8 Å². The molecule has 2 aliphatic heterocycles. The summed E-state index contributed by atoms with van der Waals surface area (Å²) < 4.78 is 21.8. The summed E-state index contributed by atoms with van der Waals surface area (Å²) in [6.07, 6.45) is 0. The number of urea groups is 1. The van der Waals surface area contributed by atoms with Crippen LogP contribution in [0.3, 0.4) is 0 Å². The van der Waals surface area contributed by atoms with Crippen molar-refractivity contribution in [1.82, 2.24) is 10.2 Å². The fourth-order valence-electron chi connectivity index (χ4n) is 3.33. The van der Waals surface area contributed by atoms with Gasteiger partial charge in [-0.05, 0) is 36.8 Å². The monoisotopic (exact) mass is 410 g/mol. The van der Waals surface area contributed by atoms with Crippen molar-refractivity contribution in [2.24, 2.45) is 0 Å². The topological polar surface area (TPSA) is 86.3 Å². The zero-order valence-corrected chi connectivity index (χ0v) is 16.7. The molecule has 1 N–H and O–H groups in total. The van der Waals surface area contributed by atoms with Gasteiger partial charge in [0.2, 0.25) is 6.79 Å². The quantitative estimate of drug-likeness (QED) is 0.582. The van der Waals surface area contributed by atoms with Gasteiger partial charge < -0.3 is 29.2 Å². The predicted molar refractivity (Wildman–Crippen MR) is 107 cm³/mol. The molecule has 2 aliphatic rings. The van der Waals surface area contributed by atoms with Crippen molar-refractivity contribution in [3.63, 3.8) is 0 Å². The van der Waals surface area contributed by atoms with Gasteiger partial charge >= 0.3 is 12.0 Å². The highest BCUT2D eigenvalue weighted by atomic mass is 16.7. The first-order chi connectivity index (χ1) is 14.5.